The van der Waals surface area contributed by atoms with Crippen molar-refractivity contribution in [2.45, 2.75) is 37.6 Å². The predicted molar refractivity (Wildman–Crippen MR) is 90.2 cm³/mol. The number of sulfone groups is 1. The molecule has 0 fully saturated rings. The van der Waals surface area contributed by atoms with Crippen LogP contribution in [0.2, 0.25) is 0 Å². The summed E-state index contributed by atoms with van der Waals surface area (Å²) in [7, 11) is -1.83. The van der Waals surface area contributed by atoms with Gasteiger partial charge in [0.05, 0.1) is 22.9 Å². The number of rotatable bonds is 7. The molecular formula is C17H22N2O4S. The van der Waals surface area contributed by atoms with Crippen LogP contribution in [0.5, 0.6) is 0 Å². The number of hydrogen-bond acceptors (Lipinski definition) is 5. The molecule has 24 heavy (non-hydrogen) atoms. The molecule has 0 saturated heterocycles. The number of hydrogen-bond donors (Lipinski definition) is 0. The van der Waals surface area contributed by atoms with Gasteiger partial charge < -0.3 is 9.42 Å². The fourth-order valence-electron chi connectivity index (χ4n) is 2.16. The maximum Gasteiger partial charge on any atom is 0.223 e. The fourth-order valence-corrected chi connectivity index (χ4v) is 3.41. The van der Waals surface area contributed by atoms with E-state index < -0.39 is 9.84 Å². The lowest BCUT2D eigenvalue weighted by molar-refractivity contribution is -0.130. The minimum Gasteiger partial charge on any atom is -0.359 e. The second-order valence-corrected chi connectivity index (χ2v) is 8.11. The van der Waals surface area contributed by atoms with E-state index in [1.807, 2.05) is 19.9 Å². The monoisotopic (exact) mass is 350 g/mol. The third-order valence-electron chi connectivity index (χ3n) is 3.67. The highest BCUT2D eigenvalue weighted by Gasteiger charge is 2.19. The standard InChI is InChI=1S/C17H22N2O4S/c1-13(2)16-11-14(23-18-16)12-19(3)17(20)9-10-24(21,22)15-7-5-4-6-8-15/h4-8,11,13H,9-10,12H2,1-3H3. The molecular weight excluding hydrogens is 328 g/mol. The van der Waals surface area contributed by atoms with Gasteiger partial charge in [0.1, 0.15) is 0 Å². The van der Waals surface area contributed by atoms with Crippen LogP contribution in [0.15, 0.2) is 45.8 Å². The molecule has 0 bridgehead atoms. The molecule has 0 radical (unpaired) electrons. The van der Waals surface area contributed by atoms with E-state index in [1.165, 1.54) is 17.0 Å². The van der Waals surface area contributed by atoms with Crippen LogP contribution >= 0.6 is 0 Å². The first kappa shape index (κ1) is 18.2. The first-order valence-electron chi connectivity index (χ1n) is 7.77. The maximum atomic E-state index is 12.2. The van der Waals surface area contributed by atoms with E-state index in [0.29, 0.717) is 5.76 Å². The molecule has 1 aromatic heterocycles. The molecule has 2 aromatic rings. The Balaban J connectivity index is 1.92. The number of benzene rings is 1. The van der Waals surface area contributed by atoms with Crippen molar-refractivity contribution >= 4 is 15.7 Å². The Morgan fingerprint density at radius 1 is 1.25 bits per heavy atom. The lowest BCUT2D eigenvalue weighted by Gasteiger charge is -2.15. The molecule has 0 aliphatic heterocycles. The van der Waals surface area contributed by atoms with Gasteiger partial charge in [-0.3, -0.25) is 4.79 Å². The number of amides is 1. The van der Waals surface area contributed by atoms with Crippen LogP contribution in [-0.2, 0) is 21.2 Å². The third-order valence-corrected chi connectivity index (χ3v) is 5.41. The molecule has 0 aliphatic carbocycles. The number of aromatic nitrogens is 1. The minimum atomic E-state index is -3.45. The number of nitrogens with zero attached hydrogens (tertiary/aromatic N) is 2. The zero-order chi connectivity index (χ0) is 17.7. The van der Waals surface area contributed by atoms with Crippen molar-refractivity contribution in [3.63, 3.8) is 0 Å². The van der Waals surface area contributed by atoms with Crippen molar-refractivity contribution in [3.05, 3.63) is 47.9 Å². The SMILES string of the molecule is CC(C)c1cc(CN(C)C(=O)CCS(=O)(=O)c2ccccc2)on1. The lowest BCUT2D eigenvalue weighted by atomic mass is 10.1. The van der Waals surface area contributed by atoms with Crippen LogP contribution in [0.4, 0.5) is 0 Å². The van der Waals surface area contributed by atoms with Gasteiger partial charge >= 0.3 is 0 Å². The summed E-state index contributed by atoms with van der Waals surface area (Å²) in [5.41, 5.74) is 0.831. The van der Waals surface area contributed by atoms with Crippen LogP contribution < -0.4 is 0 Å². The molecule has 6 nitrogen and oxygen atoms in total. The van der Waals surface area contributed by atoms with Crippen LogP contribution in [0, 0.1) is 0 Å². The van der Waals surface area contributed by atoms with E-state index in [0.717, 1.165) is 5.69 Å². The minimum absolute atomic E-state index is 0.0705. The largest absolute Gasteiger partial charge is 0.359 e. The summed E-state index contributed by atoms with van der Waals surface area (Å²) < 4.78 is 29.6. The van der Waals surface area contributed by atoms with Gasteiger partial charge in [0.15, 0.2) is 15.6 Å². The first-order chi connectivity index (χ1) is 11.3. The Kier molecular flexibility index (Phi) is 5.77. The van der Waals surface area contributed by atoms with E-state index in [2.05, 4.69) is 5.16 Å². The summed E-state index contributed by atoms with van der Waals surface area (Å²) in [6.07, 6.45) is -0.0705. The molecule has 2 rings (SSSR count). The third kappa shape index (κ3) is 4.67. The molecule has 0 unspecified atom stereocenters. The molecule has 1 heterocycles. The smallest absolute Gasteiger partial charge is 0.223 e. The second kappa shape index (κ2) is 7.61. The molecule has 1 aromatic carbocycles. The number of carbonyl (C=O) groups excluding carboxylic acids is 1. The van der Waals surface area contributed by atoms with Crippen LogP contribution in [0.3, 0.4) is 0 Å². The van der Waals surface area contributed by atoms with Gasteiger partial charge in [-0.25, -0.2) is 8.42 Å². The molecule has 0 aliphatic rings. The lowest BCUT2D eigenvalue weighted by Crippen LogP contribution is -2.27. The average molecular weight is 350 g/mol. The zero-order valence-corrected chi connectivity index (χ0v) is 14.9. The van der Waals surface area contributed by atoms with Crippen LogP contribution in [-0.4, -0.2) is 37.2 Å². The van der Waals surface area contributed by atoms with Gasteiger partial charge in [0.2, 0.25) is 5.91 Å². The Hall–Kier alpha value is -2.15. The van der Waals surface area contributed by atoms with Crippen molar-refractivity contribution in [1.29, 1.82) is 0 Å². The second-order valence-electron chi connectivity index (χ2n) is 6.00. The van der Waals surface area contributed by atoms with E-state index in [-0.39, 0.29) is 35.4 Å². The summed E-state index contributed by atoms with van der Waals surface area (Å²) in [6.45, 7) is 4.28. The Bertz CT molecular complexity index is 782. The highest BCUT2D eigenvalue weighted by atomic mass is 32.2. The summed E-state index contributed by atoms with van der Waals surface area (Å²) in [5.74, 6) is 0.366. The van der Waals surface area contributed by atoms with Crippen molar-refractivity contribution < 1.29 is 17.7 Å². The maximum absolute atomic E-state index is 12.2. The Morgan fingerprint density at radius 2 is 1.92 bits per heavy atom. The summed E-state index contributed by atoms with van der Waals surface area (Å²) in [5, 5.41) is 3.94. The van der Waals surface area contributed by atoms with Gasteiger partial charge in [0.25, 0.3) is 0 Å². The summed E-state index contributed by atoms with van der Waals surface area (Å²) >= 11 is 0. The zero-order valence-electron chi connectivity index (χ0n) is 14.1. The van der Waals surface area contributed by atoms with Crippen molar-refractivity contribution in [2.75, 3.05) is 12.8 Å². The van der Waals surface area contributed by atoms with Crippen molar-refractivity contribution in [2.24, 2.45) is 0 Å². The van der Waals surface area contributed by atoms with Gasteiger partial charge in [-0.1, -0.05) is 37.2 Å². The highest BCUT2D eigenvalue weighted by molar-refractivity contribution is 7.91. The predicted octanol–water partition coefficient (Wildman–Crippen LogP) is 2.62. The fraction of sp³-hybridized carbons (Fsp3) is 0.412. The van der Waals surface area contributed by atoms with E-state index in [9.17, 15) is 13.2 Å². The first-order valence-corrected chi connectivity index (χ1v) is 9.42. The quantitative estimate of drug-likeness (QED) is 0.767. The molecule has 7 heteroatoms. The van der Waals surface area contributed by atoms with Crippen molar-refractivity contribution in [1.82, 2.24) is 10.1 Å². The van der Waals surface area contributed by atoms with Crippen LogP contribution in [0.25, 0.3) is 0 Å². The molecule has 0 spiro atoms. The van der Waals surface area contributed by atoms with Crippen LogP contribution in [0.1, 0.15) is 37.6 Å². The average Bonchev–Trinajstić information content (AvgIpc) is 3.02. The topological polar surface area (TPSA) is 80.5 Å². The summed E-state index contributed by atoms with van der Waals surface area (Å²) in [4.78, 5) is 13.8. The van der Waals surface area contributed by atoms with Gasteiger partial charge in [-0.05, 0) is 18.1 Å². The van der Waals surface area contributed by atoms with Gasteiger partial charge in [-0.15, -0.1) is 0 Å². The molecule has 0 N–H and O–H groups in total. The highest BCUT2D eigenvalue weighted by Crippen LogP contribution is 2.16. The Morgan fingerprint density at radius 3 is 2.50 bits per heavy atom. The van der Waals surface area contributed by atoms with Gasteiger partial charge in [0, 0.05) is 19.5 Å². The molecule has 0 saturated carbocycles. The molecule has 1 amide bonds. The molecule has 0 atom stereocenters. The van der Waals surface area contributed by atoms with Gasteiger partial charge in [-0.2, -0.15) is 0 Å². The Labute approximate surface area is 142 Å². The van der Waals surface area contributed by atoms with E-state index >= 15 is 0 Å². The molecule has 130 valence electrons. The van der Waals surface area contributed by atoms with E-state index in [1.54, 1.807) is 25.2 Å². The summed E-state index contributed by atoms with van der Waals surface area (Å²) in [6, 6.07) is 9.96. The van der Waals surface area contributed by atoms with Crippen molar-refractivity contribution in [3.8, 4) is 0 Å². The number of carbonyl (C=O) groups is 1. The van der Waals surface area contributed by atoms with E-state index in [4.69, 9.17) is 4.52 Å². The normalized spacial score (nSPS) is 11.7.